The molecule has 4 nitrogen and oxygen atoms in total. The average Bonchev–Trinajstić information content (AvgIpc) is 2.86. The highest BCUT2D eigenvalue weighted by molar-refractivity contribution is 5.88. The van der Waals surface area contributed by atoms with E-state index < -0.39 is 0 Å². The van der Waals surface area contributed by atoms with Gasteiger partial charge in [0.25, 0.3) is 0 Å². The van der Waals surface area contributed by atoms with Gasteiger partial charge in [0, 0.05) is 18.7 Å². The lowest BCUT2D eigenvalue weighted by Gasteiger charge is -2.27. The first-order chi connectivity index (χ1) is 11.0. The molecule has 0 saturated heterocycles. The van der Waals surface area contributed by atoms with Crippen LogP contribution < -0.4 is 10.1 Å². The summed E-state index contributed by atoms with van der Waals surface area (Å²) in [5.41, 5.74) is 3.34. The second kappa shape index (κ2) is 6.42. The minimum Gasteiger partial charge on any atom is -0.484 e. The van der Waals surface area contributed by atoms with Crippen LogP contribution in [-0.2, 0) is 11.2 Å². The molecule has 0 aliphatic heterocycles. The van der Waals surface area contributed by atoms with E-state index in [4.69, 9.17) is 4.74 Å². The van der Waals surface area contributed by atoms with Gasteiger partial charge in [0.15, 0.2) is 0 Å². The second-order valence-corrected chi connectivity index (χ2v) is 6.18. The molecule has 0 fully saturated rings. The Morgan fingerprint density at radius 2 is 1.96 bits per heavy atom. The fraction of sp³-hybridized carbons (Fsp3) is 0.316. The largest absolute Gasteiger partial charge is 0.484 e. The van der Waals surface area contributed by atoms with E-state index in [-0.39, 0.29) is 12.0 Å². The number of nitrogens with one attached hydrogen (secondary N) is 1. The Bertz CT molecular complexity index is 712. The molecule has 1 aliphatic rings. The van der Waals surface area contributed by atoms with E-state index in [9.17, 15) is 4.79 Å². The lowest BCUT2D eigenvalue weighted by molar-refractivity contribution is -0.114. The number of fused-ring (bicyclic) bond motifs is 1. The minimum absolute atomic E-state index is 0.00576. The number of hydrogen-bond acceptors (Lipinski definition) is 3. The van der Waals surface area contributed by atoms with Crippen LogP contribution in [0.2, 0.25) is 0 Å². The molecule has 0 radical (unpaired) electrons. The maximum absolute atomic E-state index is 11.2. The van der Waals surface area contributed by atoms with Crippen molar-refractivity contribution in [3.63, 3.8) is 0 Å². The number of ether oxygens (including phenoxy) is 1. The average molecular weight is 310 g/mol. The van der Waals surface area contributed by atoms with Gasteiger partial charge in [0.2, 0.25) is 5.91 Å². The Morgan fingerprint density at radius 3 is 2.70 bits per heavy atom. The molecule has 23 heavy (non-hydrogen) atoms. The van der Waals surface area contributed by atoms with Crippen LogP contribution in [0.25, 0.3) is 0 Å². The molecule has 120 valence electrons. The molecule has 2 atom stereocenters. The zero-order valence-electron chi connectivity index (χ0n) is 13.7. The molecule has 0 aromatic heterocycles. The van der Waals surface area contributed by atoms with Crippen molar-refractivity contribution < 1.29 is 9.53 Å². The normalized spacial score (nSPS) is 19.5. The number of carbonyl (C=O) groups is 1. The lowest BCUT2D eigenvalue weighted by Crippen LogP contribution is -2.34. The van der Waals surface area contributed by atoms with Gasteiger partial charge in [-0.3, -0.25) is 4.79 Å². The van der Waals surface area contributed by atoms with Crippen molar-refractivity contribution in [1.29, 1.82) is 0 Å². The van der Waals surface area contributed by atoms with Crippen molar-refractivity contribution >= 4 is 11.6 Å². The number of likely N-dealkylation sites (N-methyl/N-ethyl adjacent to an activating group) is 1. The maximum Gasteiger partial charge on any atom is 0.221 e. The summed E-state index contributed by atoms with van der Waals surface area (Å²) in [4.78, 5) is 13.4. The van der Waals surface area contributed by atoms with E-state index in [1.807, 2.05) is 24.3 Å². The molecular weight excluding hydrogens is 288 g/mol. The molecule has 4 heteroatoms. The number of hydrogen-bond donors (Lipinski definition) is 1. The van der Waals surface area contributed by atoms with E-state index in [0.717, 1.165) is 17.9 Å². The molecule has 0 heterocycles. The van der Waals surface area contributed by atoms with Gasteiger partial charge in [-0.15, -0.1) is 0 Å². The molecule has 3 rings (SSSR count). The fourth-order valence-electron chi connectivity index (χ4n) is 3.13. The summed E-state index contributed by atoms with van der Waals surface area (Å²) in [6, 6.07) is 16.3. The Hall–Kier alpha value is -2.33. The molecule has 1 N–H and O–H groups in total. The highest BCUT2D eigenvalue weighted by atomic mass is 16.5. The highest BCUT2D eigenvalue weighted by Crippen LogP contribution is 2.37. The summed E-state index contributed by atoms with van der Waals surface area (Å²) >= 11 is 0. The first kappa shape index (κ1) is 15.6. The molecule has 0 bridgehead atoms. The topological polar surface area (TPSA) is 41.6 Å². The number of carbonyl (C=O) groups excluding carboxylic acids is 1. The van der Waals surface area contributed by atoms with Crippen LogP contribution in [0, 0.1) is 0 Å². The SMILES string of the molecule is CC(=O)Nc1cccc(OC2c3ccccc3CC2N(C)C)c1. The predicted molar refractivity (Wildman–Crippen MR) is 91.7 cm³/mol. The monoisotopic (exact) mass is 310 g/mol. The summed E-state index contributed by atoms with van der Waals surface area (Å²) in [5, 5.41) is 2.79. The summed E-state index contributed by atoms with van der Waals surface area (Å²) in [6.45, 7) is 1.50. The van der Waals surface area contributed by atoms with Gasteiger partial charge in [0.1, 0.15) is 11.9 Å². The molecule has 1 aliphatic carbocycles. The van der Waals surface area contributed by atoms with Gasteiger partial charge in [-0.2, -0.15) is 0 Å². The van der Waals surface area contributed by atoms with Crippen LogP contribution in [0.3, 0.4) is 0 Å². The van der Waals surface area contributed by atoms with Gasteiger partial charge < -0.3 is 15.0 Å². The van der Waals surface area contributed by atoms with Crippen molar-refractivity contribution in [2.75, 3.05) is 19.4 Å². The van der Waals surface area contributed by atoms with Gasteiger partial charge in [-0.1, -0.05) is 30.3 Å². The van der Waals surface area contributed by atoms with Crippen LogP contribution in [0.15, 0.2) is 48.5 Å². The molecule has 0 saturated carbocycles. The van der Waals surface area contributed by atoms with Crippen molar-refractivity contribution in [3.05, 3.63) is 59.7 Å². The number of benzene rings is 2. The third kappa shape index (κ3) is 3.37. The molecule has 2 unspecified atom stereocenters. The lowest BCUT2D eigenvalue weighted by atomic mass is 10.1. The number of anilines is 1. The van der Waals surface area contributed by atoms with Crippen LogP contribution in [-0.4, -0.2) is 30.9 Å². The number of nitrogens with zero attached hydrogens (tertiary/aromatic N) is 1. The molecule has 2 aromatic rings. The van der Waals surface area contributed by atoms with Gasteiger partial charge in [-0.25, -0.2) is 0 Å². The molecule has 2 aromatic carbocycles. The Morgan fingerprint density at radius 1 is 1.17 bits per heavy atom. The van der Waals surface area contributed by atoms with Crippen LogP contribution >= 0.6 is 0 Å². The zero-order valence-corrected chi connectivity index (χ0v) is 13.7. The van der Waals surface area contributed by atoms with Crippen molar-refractivity contribution in [2.24, 2.45) is 0 Å². The summed E-state index contributed by atoms with van der Waals surface area (Å²) in [6.07, 6.45) is 0.980. The Balaban J connectivity index is 1.87. The summed E-state index contributed by atoms with van der Waals surface area (Å²) < 4.78 is 6.30. The van der Waals surface area contributed by atoms with Crippen molar-refractivity contribution in [1.82, 2.24) is 4.90 Å². The smallest absolute Gasteiger partial charge is 0.221 e. The van der Waals surface area contributed by atoms with E-state index in [1.54, 1.807) is 0 Å². The quantitative estimate of drug-likeness (QED) is 0.942. The standard InChI is InChI=1S/C19H22N2O2/c1-13(22)20-15-8-6-9-16(12-15)23-19-17-10-5-4-7-14(17)11-18(19)21(2)3/h4-10,12,18-19H,11H2,1-3H3,(H,20,22). The Kier molecular flexibility index (Phi) is 4.35. The van der Waals surface area contributed by atoms with Crippen LogP contribution in [0.5, 0.6) is 5.75 Å². The molecular formula is C19H22N2O2. The maximum atomic E-state index is 11.2. The summed E-state index contributed by atoms with van der Waals surface area (Å²) in [7, 11) is 4.17. The first-order valence-electron chi connectivity index (χ1n) is 7.83. The first-order valence-corrected chi connectivity index (χ1v) is 7.83. The van der Waals surface area contributed by atoms with E-state index in [2.05, 4.69) is 48.6 Å². The van der Waals surface area contributed by atoms with Crippen molar-refractivity contribution in [2.45, 2.75) is 25.5 Å². The number of rotatable bonds is 4. The van der Waals surface area contributed by atoms with Gasteiger partial charge >= 0.3 is 0 Å². The Labute approximate surface area is 137 Å². The minimum atomic E-state index is -0.0838. The third-order valence-electron chi connectivity index (χ3n) is 4.22. The van der Waals surface area contributed by atoms with Gasteiger partial charge in [0.05, 0.1) is 6.04 Å². The highest BCUT2D eigenvalue weighted by Gasteiger charge is 2.35. The van der Waals surface area contributed by atoms with Gasteiger partial charge in [-0.05, 0) is 43.8 Å². The van der Waals surface area contributed by atoms with Crippen molar-refractivity contribution in [3.8, 4) is 5.75 Å². The third-order valence-corrected chi connectivity index (χ3v) is 4.22. The predicted octanol–water partition coefficient (Wildman–Crippen LogP) is 3.25. The molecule has 1 amide bonds. The van der Waals surface area contributed by atoms with E-state index in [0.29, 0.717) is 6.04 Å². The van der Waals surface area contributed by atoms with Crippen LogP contribution in [0.4, 0.5) is 5.69 Å². The second-order valence-electron chi connectivity index (χ2n) is 6.18. The zero-order chi connectivity index (χ0) is 16.4. The van der Waals surface area contributed by atoms with E-state index in [1.165, 1.54) is 18.1 Å². The van der Waals surface area contributed by atoms with E-state index >= 15 is 0 Å². The molecule has 0 spiro atoms. The fourth-order valence-corrected chi connectivity index (χ4v) is 3.13. The van der Waals surface area contributed by atoms with Crippen LogP contribution in [0.1, 0.15) is 24.2 Å². The summed E-state index contributed by atoms with van der Waals surface area (Å²) in [5.74, 6) is 0.685. The number of amides is 1.